The smallest absolute Gasteiger partial charge is 0.0393 e. The highest BCUT2D eigenvalue weighted by atomic mass is 32.1. The average molecular weight is 287 g/mol. The van der Waals surface area contributed by atoms with Crippen LogP contribution in [-0.4, -0.2) is 0 Å². The van der Waals surface area contributed by atoms with Gasteiger partial charge in [0.1, 0.15) is 0 Å². The van der Waals surface area contributed by atoms with Crippen molar-refractivity contribution in [1.29, 1.82) is 0 Å². The summed E-state index contributed by atoms with van der Waals surface area (Å²) in [5.41, 5.74) is 4.15. The molecule has 0 saturated carbocycles. The van der Waals surface area contributed by atoms with Crippen LogP contribution < -0.4 is 5.32 Å². The van der Waals surface area contributed by atoms with Crippen LogP contribution in [0.1, 0.15) is 67.3 Å². The summed E-state index contributed by atoms with van der Waals surface area (Å²) in [5, 5.41) is 5.87. The molecule has 0 aliphatic carbocycles. The van der Waals surface area contributed by atoms with Gasteiger partial charge in [-0.1, -0.05) is 38.1 Å². The maximum Gasteiger partial charge on any atom is 0.0393 e. The molecule has 1 nitrogen and oxygen atoms in total. The third-order valence-electron chi connectivity index (χ3n) is 3.90. The summed E-state index contributed by atoms with van der Waals surface area (Å²) in [5.74, 6) is 0.597. The zero-order chi connectivity index (χ0) is 14.7. The van der Waals surface area contributed by atoms with Gasteiger partial charge in [-0.05, 0) is 54.8 Å². The Morgan fingerprint density at radius 1 is 0.850 bits per heavy atom. The highest BCUT2D eigenvalue weighted by molar-refractivity contribution is 7.10. The van der Waals surface area contributed by atoms with Gasteiger partial charge in [0.25, 0.3) is 0 Å². The van der Waals surface area contributed by atoms with Crippen LogP contribution in [0, 0.1) is 6.92 Å². The number of rotatable bonds is 5. The lowest BCUT2D eigenvalue weighted by Crippen LogP contribution is -2.22. The van der Waals surface area contributed by atoms with Gasteiger partial charge in [-0.15, -0.1) is 11.3 Å². The molecule has 2 heteroatoms. The average Bonchev–Trinajstić information content (AvgIpc) is 2.85. The van der Waals surface area contributed by atoms with Crippen molar-refractivity contribution in [3.8, 4) is 0 Å². The molecule has 0 bridgehead atoms. The number of aryl methyl sites for hydroxylation is 1. The van der Waals surface area contributed by atoms with Gasteiger partial charge in [0.2, 0.25) is 0 Å². The van der Waals surface area contributed by atoms with Crippen LogP contribution in [0.4, 0.5) is 0 Å². The summed E-state index contributed by atoms with van der Waals surface area (Å²) in [4.78, 5) is 1.44. The van der Waals surface area contributed by atoms with Crippen molar-refractivity contribution in [1.82, 2.24) is 5.32 Å². The summed E-state index contributed by atoms with van der Waals surface area (Å²) in [6, 6.07) is 12.0. The third kappa shape index (κ3) is 3.50. The largest absolute Gasteiger partial charge is 0.303 e. The topological polar surface area (TPSA) is 12.0 Å². The highest BCUT2D eigenvalue weighted by Crippen LogP contribution is 2.26. The van der Waals surface area contributed by atoms with E-state index >= 15 is 0 Å². The summed E-state index contributed by atoms with van der Waals surface area (Å²) in [7, 11) is 0. The number of thiophene rings is 1. The first-order valence-corrected chi connectivity index (χ1v) is 8.27. The quantitative estimate of drug-likeness (QED) is 0.755. The molecule has 1 aromatic heterocycles. The zero-order valence-corrected chi connectivity index (χ0v) is 13.9. The van der Waals surface area contributed by atoms with Crippen LogP contribution in [0.5, 0.6) is 0 Å². The normalized spacial score (nSPS) is 14.5. The zero-order valence-electron chi connectivity index (χ0n) is 13.1. The molecule has 2 rings (SSSR count). The third-order valence-corrected chi connectivity index (χ3v) is 5.10. The Bertz CT molecular complexity index is 539. The van der Waals surface area contributed by atoms with Gasteiger partial charge in [-0.25, -0.2) is 0 Å². The van der Waals surface area contributed by atoms with Crippen LogP contribution in [-0.2, 0) is 0 Å². The van der Waals surface area contributed by atoms with Crippen molar-refractivity contribution in [3.63, 3.8) is 0 Å². The molecule has 0 radical (unpaired) electrons. The Morgan fingerprint density at radius 3 is 1.95 bits per heavy atom. The molecule has 2 atom stereocenters. The van der Waals surface area contributed by atoms with Crippen molar-refractivity contribution in [2.75, 3.05) is 0 Å². The molecule has 1 heterocycles. The van der Waals surface area contributed by atoms with Gasteiger partial charge in [0, 0.05) is 17.0 Å². The molecule has 2 aromatic rings. The van der Waals surface area contributed by atoms with E-state index < -0.39 is 0 Å². The van der Waals surface area contributed by atoms with Crippen molar-refractivity contribution in [2.24, 2.45) is 0 Å². The molecular formula is C18H25NS. The van der Waals surface area contributed by atoms with Crippen LogP contribution in [0.2, 0.25) is 0 Å². The number of hydrogen-bond donors (Lipinski definition) is 1. The maximum absolute atomic E-state index is 3.70. The van der Waals surface area contributed by atoms with E-state index in [-0.39, 0.29) is 0 Å². The second-order valence-electron chi connectivity index (χ2n) is 5.90. The fraction of sp³-hybridized carbons (Fsp3) is 0.444. The summed E-state index contributed by atoms with van der Waals surface area (Å²) >= 11 is 1.84. The molecule has 1 N–H and O–H groups in total. The maximum atomic E-state index is 3.70. The lowest BCUT2D eigenvalue weighted by molar-refractivity contribution is 0.498. The minimum atomic E-state index is 0.368. The number of hydrogen-bond acceptors (Lipinski definition) is 2. The molecule has 0 fully saturated rings. The standard InChI is InChI=1S/C18H25NS/c1-12(2)16-6-8-17(9-7-16)14(4)19-15(5)18-13(3)10-11-20-18/h6-12,14-15,19H,1-5H3. The minimum Gasteiger partial charge on any atom is -0.303 e. The van der Waals surface area contributed by atoms with Crippen LogP contribution in [0.3, 0.4) is 0 Å². The summed E-state index contributed by atoms with van der Waals surface area (Å²) < 4.78 is 0. The minimum absolute atomic E-state index is 0.368. The Labute approximate surface area is 127 Å². The van der Waals surface area contributed by atoms with E-state index in [1.165, 1.54) is 21.6 Å². The van der Waals surface area contributed by atoms with Crippen molar-refractivity contribution in [3.05, 3.63) is 57.3 Å². The van der Waals surface area contributed by atoms with Crippen LogP contribution in [0.25, 0.3) is 0 Å². The first-order chi connectivity index (χ1) is 9.49. The molecular weight excluding hydrogens is 262 g/mol. The second kappa shape index (κ2) is 6.55. The van der Waals surface area contributed by atoms with Gasteiger partial charge in [0.15, 0.2) is 0 Å². The van der Waals surface area contributed by atoms with E-state index in [0.29, 0.717) is 18.0 Å². The summed E-state index contributed by atoms with van der Waals surface area (Å²) in [6.45, 7) is 11.1. The fourth-order valence-electron chi connectivity index (χ4n) is 2.54. The molecule has 2 unspecified atom stereocenters. The van der Waals surface area contributed by atoms with E-state index in [1.807, 2.05) is 11.3 Å². The fourth-order valence-corrected chi connectivity index (χ4v) is 3.49. The van der Waals surface area contributed by atoms with E-state index in [0.717, 1.165) is 0 Å². The van der Waals surface area contributed by atoms with E-state index in [2.05, 4.69) is 75.6 Å². The van der Waals surface area contributed by atoms with E-state index in [9.17, 15) is 0 Å². The lowest BCUT2D eigenvalue weighted by Gasteiger charge is -2.21. The lowest BCUT2D eigenvalue weighted by atomic mass is 9.99. The molecule has 108 valence electrons. The molecule has 20 heavy (non-hydrogen) atoms. The Kier molecular flexibility index (Phi) is 5.00. The molecule has 1 aromatic carbocycles. The van der Waals surface area contributed by atoms with Gasteiger partial charge in [-0.2, -0.15) is 0 Å². The van der Waals surface area contributed by atoms with Gasteiger partial charge in [0.05, 0.1) is 0 Å². The molecule has 0 amide bonds. The molecule has 0 aliphatic rings. The first-order valence-electron chi connectivity index (χ1n) is 7.39. The van der Waals surface area contributed by atoms with Crippen LogP contribution in [0.15, 0.2) is 35.7 Å². The highest BCUT2D eigenvalue weighted by Gasteiger charge is 2.14. The van der Waals surface area contributed by atoms with E-state index in [4.69, 9.17) is 0 Å². The van der Waals surface area contributed by atoms with Gasteiger partial charge >= 0.3 is 0 Å². The Hall–Kier alpha value is -1.12. The van der Waals surface area contributed by atoms with E-state index in [1.54, 1.807) is 0 Å². The SMILES string of the molecule is Cc1ccsc1C(C)NC(C)c1ccc(C(C)C)cc1. The molecule has 0 saturated heterocycles. The Morgan fingerprint density at radius 2 is 1.45 bits per heavy atom. The predicted molar refractivity (Wildman–Crippen MR) is 89.6 cm³/mol. The van der Waals surface area contributed by atoms with Crippen molar-refractivity contribution < 1.29 is 0 Å². The number of nitrogens with one attached hydrogen (secondary N) is 1. The van der Waals surface area contributed by atoms with Gasteiger partial charge in [-0.3, -0.25) is 0 Å². The number of benzene rings is 1. The first kappa shape index (κ1) is 15.3. The Balaban J connectivity index is 2.04. The molecule has 0 spiro atoms. The van der Waals surface area contributed by atoms with Crippen molar-refractivity contribution in [2.45, 2.75) is 52.6 Å². The second-order valence-corrected chi connectivity index (χ2v) is 6.85. The predicted octanol–water partition coefficient (Wildman–Crippen LogP) is 5.59. The van der Waals surface area contributed by atoms with Crippen LogP contribution >= 0.6 is 11.3 Å². The van der Waals surface area contributed by atoms with Crippen molar-refractivity contribution >= 4 is 11.3 Å². The summed E-state index contributed by atoms with van der Waals surface area (Å²) in [6.07, 6.45) is 0. The van der Waals surface area contributed by atoms with Gasteiger partial charge < -0.3 is 5.32 Å². The monoisotopic (exact) mass is 287 g/mol. The molecule has 0 aliphatic heterocycles.